The van der Waals surface area contributed by atoms with E-state index in [2.05, 4.69) is 90.1 Å². The summed E-state index contributed by atoms with van der Waals surface area (Å²) in [5, 5.41) is 5.75. The molecular formula is C32H31NO2. The second-order valence-electron chi connectivity index (χ2n) is 11.2. The quantitative estimate of drug-likeness (QED) is 0.263. The number of furan rings is 2. The normalized spacial score (nSPS) is 12.7. The van der Waals surface area contributed by atoms with Gasteiger partial charge in [-0.2, -0.15) is 0 Å². The predicted octanol–water partition coefficient (Wildman–Crippen LogP) is 9.35. The number of rotatable bonds is 3. The second-order valence-corrected chi connectivity index (χ2v) is 11.2. The van der Waals surface area contributed by atoms with Gasteiger partial charge in [-0.3, -0.25) is 4.98 Å². The van der Waals surface area contributed by atoms with Crippen molar-refractivity contribution < 1.29 is 8.83 Å². The molecule has 0 atom stereocenters. The van der Waals surface area contributed by atoms with Crippen LogP contribution in [0.25, 0.3) is 54.9 Å². The average Bonchev–Trinajstić information content (AvgIpc) is 3.34. The van der Waals surface area contributed by atoms with Crippen LogP contribution >= 0.6 is 0 Å². The summed E-state index contributed by atoms with van der Waals surface area (Å²) in [5.74, 6) is 1.58. The van der Waals surface area contributed by atoms with Gasteiger partial charge in [-0.15, -0.1) is 0 Å². The van der Waals surface area contributed by atoms with Gasteiger partial charge in [0.05, 0.1) is 16.5 Å². The Labute approximate surface area is 205 Å². The van der Waals surface area contributed by atoms with Crippen molar-refractivity contribution in [3.63, 3.8) is 0 Å². The molecule has 0 unspecified atom stereocenters. The monoisotopic (exact) mass is 461 g/mol. The molecule has 0 aliphatic heterocycles. The van der Waals surface area contributed by atoms with Crippen LogP contribution in [0.2, 0.25) is 0 Å². The van der Waals surface area contributed by atoms with E-state index >= 15 is 0 Å². The van der Waals surface area contributed by atoms with Gasteiger partial charge in [0.2, 0.25) is 0 Å². The number of fused-ring (bicyclic) bond motifs is 6. The highest BCUT2D eigenvalue weighted by Gasteiger charge is 2.23. The minimum absolute atomic E-state index is 0.00879. The van der Waals surface area contributed by atoms with Crippen molar-refractivity contribution in [3.8, 4) is 11.3 Å². The average molecular weight is 462 g/mol. The molecule has 0 N–H and O–H groups in total. The molecule has 176 valence electrons. The van der Waals surface area contributed by atoms with E-state index in [4.69, 9.17) is 13.8 Å². The zero-order valence-electron chi connectivity index (χ0n) is 21.3. The first kappa shape index (κ1) is 21.9. The number of aromatic nitrogens is 1. The number of hydrogen-bond donors (Lipinski definition) is 0. The van der Waals surface area contributed by atoms with Crippen molar-refractivity contribution in [2.75, 3.05) is 0 Å². The molecule has 3 aromatic heterocycles. The molecule has 3 heterocycles. The molecule has 3 nitrogen and oxygen atoms in total. The summed E-state index contributed by atoms with van der Waals surface area (Å²) in [4.78, 5) is 4.89. The maximum absolute atomic E-state index is 6.51. The third kappa shape index (κ3) is 3.44. The number of nitrogens with zero attached hydrogens (tertiary/aromatic N) is 1. The summed E-state index contributed by atoms with van der Waals surface area (Å²) in [5.41, 5.74) is 7.22. The van der Waals surface area contributed by atoms with Crippen LogP contribution in [0.4, 0.5) is 0 Å². The highest BCUT2D eigenvalue weighted by Crippen LogP contribution is 2.42. The minimum Gasteiger partial charge on any atom is -0.461 e. The Kier molecular flexibility index (Phi) is 4.83. The topological polar surface area (TPSA) is 39.2 Å². The molecule has 3 heteroatoms. The van der Waals surface area contributed by atoms with Gasteiger partial charge in [0, 0.05) is 29.1 Å². The molecule has 6 aromatic rings. The number of aryl methyl sites for hydroxylation is 1. The summed E-state index contributed by atoms with van der Waals surface area (Å²) in [6.07, 6.45) is 2.78. The van der Waals surface area contributed by atoms with E-state index in [9.17, 15) is 0 Å². The molecule has 0 spiro atoms. The van der Waals surface area contributed by atoms with Crippen molar-refractivity contribution >= 4 is 43.7 Å². The number of pyridine rings is 1. The molecule has 35 heavy (non-hydrogen) atoms. The molecule has 0 radical (unpaired) electrons. The summed E-state index contributed by atoms with van der Waals surface area (Å²) in [6, 6.07) is 19.4. The highest BCUT2D eigenvalue weighted by molar-refractivity contribution is 6.18. The maximum Gasteiger partial charge on any atom is 0.146 e. The summed E-state index contributed by atoms with van der Waals surface area (Å²) in [7, 11) is 0. The zero-order valence-corrected chi connectivity index (χ0v) is 21.3. The minimum atomic E-state index is 0.00879. The van der Waals surface area contributed by atoms with Crippen LogP contribution in [0, 0.1) is 12.8 Å². The first-order valence-corrected chi connectivity index (χ1v) is 12.5. The van der Waals surface area contributed by atoms with Gasteiger partial charge in [0.1, 0.15) is 22.5 Å². The molecule has 0 amide bonds. The lowest BCUT2D eigenvalue weighted by Crippen LogP contribution is -2.12. The molecule has 0 bridgehead atoms. The van der Waals surface area contributed by atoms with Gasteiger partial charge >= 0.3 is 0 Å². The Balaban J connectivity index is 1.66. The molecule has 3 aromatic carbocycles. The third-order valence-electron chi connectivity index (χ3n) is 7.08. The highest BCUT2D eigenvalue weighted by atomic mass is 16.3. The Morgan fingerprint density at radius 3 is 2.40 bits per heavy atom. The fourth-order valence-electron chi connectivity index (χ4n) is 5.41. The Hall–Kier alpha value is -3.59. The van der Waals surface area contributed by atoms with Crippen molar-refractivity contribution in [3.05, 3.63) is 77.7 Å². The molecular weight excluding hydrogens is 430 g/mol. The zero-order chi connectivity index (χ0) is 24.5. The maximum atomic E-state index is 6.51. The SMILES string of the molecule is Cc1c(CC(C)C)oc2ccc3c(oc4ccnc(-c5cc(C(C)(C)C)c6ccccc6c5)c43)c12. The predicted molar refractivity (Wildman–Crippen MR) is 146 cm³/mol. The van der Waals surface area contributed by atoms with Crippen LogP contribution < -0.4 is 0 Å². The first-order chi connectivity index (χ1) is 16.7. The molecule has 6 rings (SSSR count). The second kappa shape index (κ2) is 7.71. The lowest BCUT2D eigenvalue weighted by Gasteiger charge is -2.22. The van der Waals surface area contributed by atoms with Gasteiger partial charge in [-0.05, 0) is 64.9 Å². The van der Waals surface area contributed by atoms with Crippen LogP contribution in [0.5, 0.6) is 0 Å². The van der Waals surface area contributed by atoms with Gasteiger partial charge < -0.3 is 8.83 Å². The number of benzene rings is 3. The Morgan fingerprint density at radius 1 is 0.857 bits per heavy atom. The van der Waals surface area contributed by atoms with Crippen molar-refractivity contribution in [1.29, 1.82) is 0 Å². The van der Waals surface area contributed by atoms with Gasteiger partial charge in [0.15, 0.2) is 0 Å². The van der Waals surface area contributed by atoms with Gasteiger partial charge in [-0.25, -0.2) is 0 Å². The van der Waals surface area contributed by atoms with Crippen LogP contribution in [0.1, 0.15) is 51.5 Å². The smallest absolute Gasteiger partial charge is 0.146 e. The van der Waals surface area contributed by atoms with Gasteiger partial charge in [-0.1, -0.05) is 58.9 Å². The fourth-order valence-corrected chi connectivity index (χ4v) is 5.41. The third-order valence-corrected chi connectivity index (χ3v) is 7.08. The summed E-state index contributed by atoms with van der Waals surface area (Å²) < 4.78 is 12.8. The van der Waals surface area contributed by atoms with E-state index in [0.29, 0.717) is 5.92 Å². The number of hydrogen-bond acceptors (Lipinski definition) is 3. The molecule has 0 aliphatic carbocycles. The fraction of sp³-hybridized carbons (Fsp3) is 0.281. The van der Waals surface area contributed by atoms with E-state index < -0.39 is 0 Å². The van der Waals surface area contributed by atoms with Gasteiger partial charge in [0.25, 0.3) is 0 Å². The molecule has 0 saturated carbocycles. The summed E-state index contributed by atoms with van der Waals surface area (Å²) >= 11 is 0. The summed E-state index contributed by atoms with van der Waals surface area (Å²) in [6.45, 7) is 13.4. The lowest BCUT2D eigenvalue weighted by molar-refractivity contribution is 0.496. The standard InChI is InChI=1S/C32H31NO2/c1-18(2)15-27-19(3)28-25(34-27)12-11-23-29-26(35-31(23)28)13-14-33-30(29)21-16-20-9-7-8-10-22(20)24(17-21)32(4,5)6/h7-14,16-18H,15H2,1-6H3. The Bertz CT molecular complexity index is 1740. The van der Waals surface area contributed by atoms with Crippen molar-refractivity contribution in [2.45, 2.75) is 53.4 Å². The molecule has 0 aliphatic rings. The van der Waals surface area contributed by atoms with Crippen LogP contribution in [0.3, 0.4) is 0 Å². The van der Waals surface area contributed by atoms with E-state index in [1.165, 1.54) is 21.9 Å². The van der Waals surface area contributed by atoms with Crippen LogP contribution in [-0.2, 0) is 11.8 Å². The van der Waals surface area contributed by atoms with E-state index in [-0.39, 0.29) is 5.41 Å². The Morgan fingerprint density at radius 2 is 1.63 bits per heavy atom. The van der Waals surface area contributed by atoms with E-state index in [0.717, 1.165) is 56.3 Å². The molecule has 0 fully saturated rings. The first-order valence-electron chi connectivity index (χ1n) is 12.5. The van der Waals surface area contributed by atoms with Crippen LogP contribution in [-0.4, -0.2) is 4.98 Å². The lowest BCUT2D eigenvalue weighted by atomic mass is 9.82. The van der Waals surface area contributed by atoms with E-state index in [1.807, 2.05) is 12.3 Å². The largest absolute Gasteiger partial charge is 0.461 e. The van der Waals surface area contributed by atoms with Crippen molar-refractivity contribution in [2.24, 2.45) is 5.92 Å². The van der Waals surface area contributed by atoms with Crippen molar-refractivity contribution in [1.82, 2.24) is 4.98 Å². The van der Waals surface area contributed by atoms with Crippen LogP contribution in [0.15, 0.2) is 69.6 Å². The van der Waals surface area contributed by atoms with E-state index in [1.54, 1.807) is 0 Å². The molecule has 0 saturated heterocycles.